The van der Waals surface area contributed by atoms with Crippen molar-refractivity contribution in [2.45, 2.75) is 25.9 Å². The average Bonchev–Trinajstić information content (AvgIpc) is 2.98. The Morgan fingerprint density at radius 1 is 1.21 bits per heavy atom. The zero-order valence-electron chi connectivity index (χ0n) is 13.4. The summed E-state index contributed by atoms with van der Waals surface area (Å²) in [6.07, 6.45) is 1.98. The molecular weight excluding hydrogens is 310 g/mol. The maximum absolute atomic E-state index is 11.3. The van der Waals surface area contributed by atoms with E-state index in [9.17, 15) is 14.9 Å². The number of carbonyl (C=O) groups excluding carboxylic acids is 1. The summed E-state index contributed by atoms with van der Waals surface area (Å²) in [5, 5.41) is 10.7. The van der Waals surface area contributed by atoms with Crippen molar-refractivity contribution in [2.24, 2.45) is 0 Å². The van der Waals surface area contributed by atoms with E-state index in [1.54, 1.807) is 19.2 Å². The van der Waals surface area contributed by atoms with Crippen LogP contribution in [-0.4, -0.2) is 24.4 Å². The summed E-state index contributed by atoms with van der Waals surface area (Å²) >= 11 is 0. The molecule has 0 bridgehead atoms. The van der Waals surface area contributed by atoms with Crippen LogP contribution < -0.4 is 9.47 Å². The van der Waals surface area contributed by atoms with Gasteiger partial charge in [-0.2, -0.15) is 0 Å². The van der Waals surface area contributed by atoms with Gasteiger partial charge in [0.1, 0.15) is 23.9 Å². The fourth-order valence-electron chi connectivity index (χ4n) is 3.23. The monoisotopic (exact) mass is 327 g/mol. The number of nitro groups is 1. The van der Waals surface area contributed by atoms with E-state index >= 15 is 0 Å². The SMILES string of the molecule is COc1c(C)cc(C=O)c2c1CC(Oc1ccc([N+](=O)[O-])cc1)C2. The largest absolute Gasteiger partial charge is 0.496 e. The minimum Gasteiger partial charge on any atom is -0.496 e. The minimum atomic E-state index is -0.445. The lowest BCUT2D eigenvalue weighted by Gasteiger charge is -2.13. The van der Waals surface area contributed by atoms with Crippen LogP contribution in [-0.2, 0) is 12.8 Å². The molecule has 0 aliphatic heterocycles. The Morgan fingerprint density at radius 2 is 1.88 bits per heavy atom. The number of hydrogen-bond acceptors (Lipinski definition) is 5. The first-order chi connectivity index (χ1) is 11.5. The molecule has 2 aromatic carbocycles. The van der Waals surface area contributed by atoms with Crippen molar-refractivity contribution in [1.29, 1.82) is 0 Å². The number of ether oxygens (including phenoxy) is 2. The molecule has 0 saturated carbocycles. The molecule has 3 rings (SSSR count). The minimum absolute atomic E-state index is 0.0255. The molecule has 0 aromatic heterocycles. The molecule has 6 nitrogen and oxygen atoms in total. The molecule has 24 heavy (non-hydrogen) atoms. The summed E-state index contributed by atoms with van der Waals surface area (Å²) in [5.41, 5.74) is 3.58. The predicted molar refractivity (Wildman–Crippen MR) is 88.0 cm³/mol. The van der Waals surface area contributed by atoms with Crippen LogP contribution in [0.1, 0.15) is 27.0 Å². The molecule has 124 valence electrons. The summed E-state index contributed by atoms with van der Waals surface area (Å²) in [6, 6.07) is 7.84. The molecule has 6 heteroatoms. The van der Waals surface area contributed by atoms with Crippen molar-refractivity contribution in [3.8, 4) is 11.5 Å². The van der Waals surface area contributed by atoms with Gasteiger partial charge >= 0.3 is 0 Å². The molecule has 0 saturated heterocycles. The second-order valence-corrected chi connectivity index (χ2v) is 5.79. The van der Waals surface area contributed by atoms with Crippen molar-refractivity contribution in [3.05, 3.63) is 62.7 Å². The van der Waals surface area contributed by atoms with Gasteiger partial charge in [-0.1, -0.05) is 0 Å². The first-order valence-corrected chi connectivity index (χ1v) is 7.59. The summed E-state index contributed by atoms with van der Waals surface area (Å²) in [6.45, 7) is 1.91. The van der Waals surface area contributed by atoms with Crippen molar-refractivity contribution in [3.63, 3.8) is 0 Å². The van der Waals surface area contributed by atoms with Crippen LogP contribution in [0.15, 0.2) is 30.3 Å². The van der Waals surface area contributed by atoms with Crippen LogP contribution >= 0.6 is 0 Å². The van der Waals surface area contributed by atoms with E-state index in [1.165, 1.54) is 12.1 Å². The highest BCUT2D eigenvalue weighted by molar-refractivity contribution is 5.80. The Morgan fingerprint density at radius 3 is 2.46 bits per heavy atom. The maximum atomic E-state index is 11.3. The van der Waals surface area contributed by atoms with E-state index in [4.69, 9.17) is 9.47 Å². The highest BCUT2D eigenvalue weighted by Gasteiger charge is 2.29. The lowest BCUT2D eigenvalue weighted by Crippen LogP contribution is -2.16. The summed E-state index contributed by atoms with van der Waals surface area (Å²) in [7, 11) is 1.62. The molecule has 0 fully saturated rings. The zero-order chi connectivity index (χ0) is 17.3. The summed E-state index contributed by atoms with van der Waals surface area (Å²) in [4.78, 5) is 21.6. The van der Waals surface area contributed by atoms with Crippen molar-refractivity contribution in [2.75, 3.05) is 7.11 Å². The third-order valence-electron chi connectivity index (χ3n) is 4.26. The lowest BCUT2D eigenvalue weighted by molar-refractivity contribution is -0.384. The van der Waals surface area contributed by atoms with Crippen molar-refractivity contribution in [1.82, 2.24) is 0 Å². The number of aryl methyl sites for hydroxylation is 1. The number of non-ortho nitro benzene ring substituents is 1. The van der Waals surface area contributed by atoms with E-state index in [0.717, 1.165) is 28.7 Å². The molecule has 2 aromatic rings. The third kappa shape index (κ3) is 2.82. The number of rotatable bonds is 5. The van der Waals surface area contributed by atoms with Gasteiger partial charge in [0.05, 0.1) is 12.0 Å². The zero-order valence-corrected chi connectivity index (χ0v) is 13.4. The Kier molecular flexibility index (Phi) is 4.20. The fraction of sp³-hybridized carbons (Fsp3) is 0.278. The molecular formula is C18H17NO5. The molecule has 1 aliphatic rings. The second kappa shape index (κ2) is 6.31. The molecule has 0 radical (unpaired) electrons. The first kappa shape index (κ1) is 16.0. The molecule has 0 amide bonds. The first-order valence-electron chi connectivity index (χ1n) is 7.59. The third-order valence-corrected chi connectivity index (χ3v) is 4.26. The molecule has 0 N–H and O–H groups in total. The molecule has 0 spiro atoms. The van der Waals surface area contributed by atoms with Crippen molar-refractivity contribution >= 4 is 12.0 Å². The maximum Gasteiger partial charge on any atom is 0.269 e. The van der Waals surface area contributed by atoms with Gasteiger partial charge in [0, 0.05) is 36.1 Å². The Hall–Kier alpha value is -2.89. The van der Waals surface area contributed by atoms with E-state index in [2.05, 4.69) is 0 Å². The highest BCUT2D eigenvalue weighted by Crippen LogP contribution is 2.37. The van der Waals surface area contributed by atoms with Crippen molar-refractivity contribution < 1.29 is 19.2 Å². The van der Waals surface area contributed by atoms with Gasteiger partial charge in [-0.15, -0.1) is 0 Å². The fourth-order valence-corrected chi connectivity index (χ4v) is 3.23. The number of nitrogens with zero attached hydrogens (tertiary/aromatic N) is 1. The van der Waals surface area contributed by atoms with Crippen LogP contribution in [0.4, 0.5) is 5.69 Å². The van der Waals surface area contributed by atoms with Gasteiger partial charge in [0.15, 0.2) is 0 Å². The standard InChI is InChI=1S/C18H17NO5/c1-11-7-12(10-20)16-8-15(9-17(16)18(11)23-2)24-14-5-3-13(4-6-14)19(21)22/h3-7,10,15H,8-9H2,1-2H3. The molecule has 1 aliphatic carbocycles. The number of benzene rings is 2. The number of carbonyl (C=O) groups is 1. The van der Waals surface area contributed by atoms with Crippen LogP contribution in [0.5, 0.6) is 11.5 Å². The van der Waals surface area contributed by atoms with Gasteiger partial charge in [0.2, 0.25) is 0 Å². The van der Waals surface area contributed by atoms with E-state index in [0.29, 0.717) is 24.2 Å². The van der Waals surface area contributed by atoms with E-state index in [-0.39, 0.29) is 11.8 Å². The van der Waals surface area contributed by atoms with Crippen LogP contribution in [0.2, 0.25) is 0 Å². The van der Waals surface area contributed by atoms with E-state index in [1.807, 2.05) is 13.0 Å². The van der Waals surface area contributed by atoms with Crippen LogP contribution in [0.25, 0.3) is 0 Å². The Bertz CT molecular complexity index is 798. The number of hydrogen-bond donors (Lipinski definition) is 0. The van der Waals surface area contributed by atoms with Gasteiger partial charge in [-0.3, -0.25) is 14.9 Å². The van der Waals surface area contributed by atoms with Crippen LogP contribution in [0.3, 0.4) is 0 Å². The lowest BCUT2D eigenvalue weighted by atomic mass is 9.99. The normalized spacial score (nSPS) is 15.7. The predicted octanol–water partition coefficient (Wildman–Crippen LogP) is 3.27. The summed E-state index contributed by atoms with van der Waals surface area (Å²) in [5.74, 6) is 1.37. The Labute approximate surface area is 139 Å². The number of nitro benzene ring substituents is 1. The van der Waals surface area contributed by atoms with Gasteiger partial charge in [-0.05, 0) is 36.2 Å². The van der Waals surface area contributed by atoms with Gasteiger partial charge < -0.3 is 9.47 Å². The second-order valence-electron chi connectivity index (χ2n) is 5.79. The smallest absolute Gasteiger partial charge is 0.269 e. The molecule has 1 atom stereocenters. The van der Waals surface area contributed by atoms with Crippen LogP contribution in [0, 0.1) is 17.0 Å². The quantitative estimate of drug-likeness (QED) is 0.478. The Balaban J connectivity index is 1.83. The molecule has 0 heterocycles. The number of methoxy groups -OCH3 is 1. The number of fused-ring (bicyclic) bond motifs is 1. The average molecular weight is 327 g/mol. The molecule has 1 unspecified atom stereocenters. The highest BCUT2D eigenvalue weighted by atomic mass is 16.6. The number of aldehydes is 1. The van der Waals surface area contributed by atoms with E-state index < -0.39 is 4.92 Å². The topological polar surface area (TPSA) is 78.7 Å². The summed E-state index contributed by atoms with van der Waals surface area (Å²) < 4.78 is 11.4. The van der Waals surface area contributed by atoms with Gasteiger partial charge in [-0.25, -0.2) is 0 Å². The van der Waals surface area contributed by atoms with Gasteiger partial charge in [0.25, 0.3) is 5.69 Å².